The SMILES string of the molecule is O.O.[Cs+].[Cs+].[OH-].[OH-].[W]. The summed E-state index contributed by atoms with van der Waals surface area (Å²) in [6, 6.07) is 0. The molecule has 0 atom stereocenters. The normalized spacial score (nSPS) is 0. The largest absolute Gasteiger partial charge is 1.00 e. The van der Waals surface area contributed by atoms with Crippen molar-refractivity contribution in [2.45, 2.75) is 0 Å². The van der Waals surface area contributed by atoms with Crippen molar-refractivity contribution in [2.24, 2.45) is 0 Å². The quantitative estimate of drug-likeness (QED) is 0.316. The predicted molar refractivity (Wildman–Crippen MR) is 11.1 cm³/mol. The fourth-order valence-corrected chi connectivity index (χ4v) is 0. The van der Waals surface area contributed by atoms with Gasteiger partial charge in [-0.25, -0.2) is 0 Å². The van der Waals surface area contributed by atoms with Gasteiger partial charge < -0.3 is 21.9 Å². The summed E-state index contributed by atoms with van der Waals surface area (Å²) in [5, 5.41) is 0. The molecule has 0 aromatic carbocycles. The Morgan fingerprint density at radius 3 is 0.571 bits per heavy atom. The van der Waals surface area contributed by atoms with Crippen LogP contribution in [0.1, 0.15) is 0 Å². The van der Waals surface area contributed by atoms with Crippen LogP contribution in [-0.4, -0.2) is 21.9 Å². The van der Waals surface area contributed by atoms with E-state index in [1.807, 2.05) is 0 Å². The van der Waals surface area contributed by atoms with Crippen LogP contribution in [0.5, 0.6) is 0 Å². The molecular weight excluding hydrogens is 514 g/mol. The molecule has 0 bridgehead atoms. The average Bonchev–Trinajstić information content (AvgIpc) is 0. The summed E-state index contributed by atoms with van der Waals surface area (Å²) in [6.07, 6.45) is 0. The van der Waals surface area contributed by atoms with Gasteiger partial charge in [-0.05, 0) is 0 Å². The van der Waals surface area contributed by atoms with E-state index in [2.05, 4.69) is 0 Å². The van der Waals surface area contributed by atoms with Gasteiger partial charge in [-0.1, -0.05) is 0 Å². The monoisotopic (exact) mass is 520 g/mol. The van der Waals surface area contributed by atoms with Gasteiger partial charge in [0.1, 0.15) is 0 Å². The van der Waals surface area contributed by atoms with E-state index in [1.165, 1.54) is 0 Å². The Morgan fingerprint density at radius 1 is 0.571 bits per heavy atom. The molecule has 38 valence electrons. The first-order valence-corrected chi connectivity index (χ1v) is 0. The Bertz CT molecular complexity index is 9.65. The van der Waals surface area contributed by atoms with Crippen LogP contribution in [0.25, 0.3) is 0 Å². The van der Waals surface area contributed by atoms with Crippen molar-refractivity contribution in [3.63, 3.8) is 0 Å². The van der Waals surface area contributed by atoms with Gasteiger partial charge in [0.25, 0.3) is 0 Å². The zero-order valence-corrected chi connectivity index (χ0v) is 19.8. The maximum atomic E-state index is 0. The van der Waals surface area contributed by atoms with Crippen molar-refractivity contribution in [2.75, 3.05) is 0 Å². The maximum Gasteiger partial charge on any atom is 1.00 e. The first kappa shape index (κ1) is 61.3. The van der Waals surface area contributed by atoms with E-state index < -0.39 is 0 Å². The minimum absolute atomic E-state index is 0. The Morgan fingerprint density at radius 2 is 0.571 bits per heavy atom. The van der Waals surface area contributed by atoms with Crippen LogP contribution >= 0.6 is 0 Å². The first-order valence-electron chi connectivity index (χ1n) is 0. The molecule has 0 aliphatic heterocycles. The molecule has 0 rings (SSSR count). The second-order valence-corrected chi connectivity index (χ2v) is 0. The smallest absolute Gasteiger partial charge is 0.870 e. The van der Waals surface area contributed by atoms with Gasteiger partial charge in [-0.15, -0.1) is 0 Å². The molecule has 0 aliphatic rings. The predicted octanol–water partition coefficient (Wildman–Crippen LogP) is -8.00. The number of hydrogen-bond donors (Lipinski definition) is 0. The molecule has 0 heterocycles. The fraction of sp³-hybridized carbons (Fsp3) is 0. The summed E-state index contributed by atoms with van der Waals surface area (Å²) in [6.45, 7) is 0. The summed E-state index contributed by atoms with van der Waals surface area (Å²) in [7, 11) is 0. The molecule has 0 spiro atoms. The van der Waals surface area contributed by atoms with Gasteiger partial charge in [0.05, 0.1) is 0 Å². The Kier molecular flexibility index (Phi) is 402. The molecular formula is H6Cs2O4W. The van der Waals surface area contributed by atoms with E-state index in [9.17, 15) is 0 Å². The zero-order chi connectivity index (χ0) is 0. The van der Waals surface area contributed by atoms with Gasteiger partial charge in [0.2, 0.25) is 0 Å². The molecule has 0 fully saturated rings. The van der Waals surface area contributed by atoms with E-state index in [0.29, 0.717) is 0 Å². The molecule has 0 radical (unpaired) electrons. The molecule has 0 aromatic heterocycles. The van der Waals surface area contributed by atoms with E-state index in [1.54, 1.807) is 0 Å². The maximum absolute atomic E-state index is 0. The second kappa shape index (κ2) is 46.0. The molecule has 0 amide bonds. The average molecular weight is 520 g/mol. The molecule has 4 nitrogen and oxygen atoms in total. The minimum atomic E-state index is 0. The van der Waals surface area contributed by atoms with E-state index >= 15 is 0 Å². The summed E-state index contributed by atoms with van der Waals surface area (Å²) < 4.78 is 0. The first-order chi connectivity index (χ1) is 0. The topological polar surface area (TPSA) is 123 Å². The fourth-order valence-electron chi connectivity index (χ4n) is 0. The van der Waals surface area contributed by atoms with Crippen LogP contribution in [0, 0.1) is 0 Å². The van der Waals surface area contributed by atoms with Crippen LogP contribution < -0.4 is 138 Å². The number of hydrogen-bond acceptors (Lipinski definition) is 2. The Balaban J connectivity index is 0. The molecule has 0 aliphatic carbocycles. The molecule has 0 saturated carbocycles. The van der Waals surface area contributed by atoms with Gasteiger partial charge in [0, 0.05) is 21.1 Å². The third kappa shape index (κ3) is 36.9. The molecule has 7 heavy (non-hydrogen) atoms. The van der Waals surface area contributed by atoms with Crippen molar-refractivity contribution in [3.8, 4) is 0 Å². The van der Waals surface area contributed by atoms with E-state index in [4.69, 9.17) is 0 Å². The van der Waals surface area contributed by atoms with Gasteiger partial charge in [-0.3, -0.25) is 0 Å². The van der Waals surface area contributed by atoms with E-state index in [0.717, 1.165) is 0 Å². The van der Waals surface area contributed by atoms with Crippen molar-refractivity contribution in [1.82, 2.24) is 0 Å². The van der Waals surface area contributed by atoms with Gasteiger partial charge >= 0.3 is 138 Å². The summed E-state index contributed by atoms with van der Waals surface area (Å²) in [5.41, 5.74) is 0. The molecule has 0 saturated heterocycles. The third-order valence-electron chi connectivity index (χ3n) is 0. The van der Waals surface area contributed by atoms with Gasteiger partial charge in [0.15, 0.2) is 0 Å². The van der Waals surface area contributed by atoms with Gasteiger partial charge in [-0.2, -0.15) is 0 Å². The minimum Gasteiger partial charge on any atom is -0.870 e. The van der Waals surface area contributed by atoms with Crippen molar-refractivity contribution in [1.29, 1.82) is 0 Å². The van der Waals surface area contributed by atoms with Crippen molar-refractivity contribution < 1.29 is 181 Å². The van der Waals surface area contributed by atoms with Crippen molar-refractivity contribution in [3.05, 3.63) is 0 Å². The Labute approximate surface area is 174 Å². The standard InChI is InChI=1S/2Cs.4H2O.W/h;;4*1H2;/q2*+1;;;;;/p-2. The van der Waals surface area contributed by atoms with Crippen molar-refractivity contribution >= 4 is 0 Å². The molecule has 0 unspecified atom stereocenters. The van der Waals surface area contributed by atoms with Crippen LogP contribution in [0.15, 0.2) is 0 Å². The summed E-state index contributed by atoms with van der Waals surface area (Å²) in [5.74, 6) is 0. The summed E-state index contributed by atoms with van der Waals surface area (Å²) in [4.78, 5) is 0. The number of rotatable bonds is 0. The Hall–Kier alpha value is 4.63. The molecule has 6 N–H and O–H groups in total. The zero-order valence-electron chi connectivity index (χ0n) is 4.30. The van der Waals surface area contributed by atoms with Crippen LogP contribution in [0.2, 0.25) is 0 Å². The third-order valence-corrected chi connectivity index (χ3v) is 0. The second-order valence-electron chi connectivity index (χ2n) is 0. The molecule has 0 aromatic rings. The van der Waals surface area contributed by atoms with E-state index in [-0.39, 0.29) is 181 Å². The van der Waals surface area contributed by atoms with Crippen LogP contribution in [-0.2, 0) is 21.1 Å². The summed E-state index contributed by atoms with van der Waals surface area (Å²) >= 11 is 0. The van der Waals surface area contributed by atoms with Crippen LogP contribution in [0.4, 0.5) is 0 Å². The van der Waals surface area contributed by atoms with Crippen LogP contribution in [0.3, 0.4) is 0 Å². The molecule has 7 heteroatoms.